The van der Waals surface area contributed by atoms with E-state index in [4.69, 9.17) is 4.74 Å². The van der Waals surface area contributed by atoms with Crippen LogP contribution in [0.4, 0.5) is 14.7 Å². The average Bonchev–Trinajstić information content (AvgIpc) is 3.52. The van der Waals surface area contributed by atoms with Crippen molar-refractivity contribution >= 4 is 27.0 Å². The molecule has 3 aliphatic rings. The number of pyridine rings is 1. The van der Waals surface area contributed by atoms with Gasteiger partial charge in [-0.2, -0.15) is 4.98 Å². The summed E-state index contributed by atoms with van der Waals surface area (Å²) in [5, 5.41) is 14.4. The minimum atomic E-state index is -3.42. The van der Waals surface area contributed by atoms with Gasteiger partial charge in [-0.25, -0.2) is 26.5 Å². The first-order chi connectivity index (χ1) is 18.0. The second-order valence-corrected chi connectivity index (χ2v) is 12.6. The number of rotatable bonds is 7. The smallest absolute Gasteiger partial charge is 0.269 e. The van der Waals surface area contributed by atoms with E-state index in [2.05, 4.69) is 15.3 Å². The number of anilines is 1. The topological polar surface area (TPSA) is 127 Å². The average molecular weight is 554 g/mol. The molecule has 208 valence electrons. The van der Waals surface area contributed by atoms with E-state index in [0.717, 1.165) is 18.1 Å². The molecule has 38 heavy (non-hydrogen) atoms. The van der Waals surface area contributed by atoms with E-state index < -0.39 is 39.2 Å². The number of nitrogens with zero attached hydrogens (tertiary/aromatic N) is 4. The number of ether oxygens (including phenoxy) is 1. The fraction of sp³-hybridized carbons (Fsp3) is 0.640. The van der Waals surface area contributed by atoms with Gasteiger partial charge in [0, 0.05) is 30.7 Å². The van der Waals surface area contributed by atoms with E-state index in [1.165, 1.54) is 15.1 Å². The number of fused-ring (bicyclic) bond motifs is 1. The predicted octanol–water partition coefficient (Wildman–Crippen LogP) is 2.76. The first-order valence-corrected chi connectivity index (χ1v) is 14.6. The maximum Gasteiger partial charge on any atom is 0.269 e. The standard InChI is InChI=1S/C25H33F2N5O5S/c1-25(34)8-2-3-20(25)32-22-17(13-19(21(26)27)23(32)33)14-28-24(30-22)29-18-4-9-31(10-5-18)38(35,36)12-7-16-6-11-37-15-16/h7,13-14,18,20-21,34H,2-6,8-12,15H2,1H3,(H,28,29,30)/b16-7-/t20-,25-/m1/s1. The molecule has 4 heterocycles. The predicted molar refractivity (Wildman–Crippen MR) is 138 cm³/mol. The van der Waals surface area contributed by atoms with Gasteiger partial charge >= 0.3 is 0 Å². The van der Waals surface area contributed by atoms with Gasteiger partial charge in [0.25, 0.3) is 12.0 Å². The fourth-order valence-corrected chi connectivity index (χ4v) is 7.05. The maximum absolute atomic E-state index is 13.7. The largest absolute Gasteiger partial charge is 0.388 e. The van der Waals surface area contributed by atoms with Gasteiger partial charge in [0.15, 0.2) is 0 Å². The molecule has 10 nitrogen and oxygen atoms in total. The van der Waals surface area contributed by atoms with Crippen molar-refractivity contribution in [3.63, 3.8) is 0 Å². The molecule has 2 N–H and O–H groups in total. The Hall–Kier alpha value is -2.48. The van der Waals surface area contributed by atoms with Crippen LogP contribution >= 0.6 is 0 Å². The Morgan fingerprint density at radius 2 is 2.08 bits per heavy atom. The van der Waals surface area contributed by atoms with Gasteiger partial charge in [-0.05, 0) is 57.1 Å². The van der Waals surface area contributed by atoms with Gasteiger partial charge in [-0.1, -0.05) is 6.08 Å². The summed E-state index contributed by atoms with van der Waals surface area (Å²) in [5.41, 5.74) is -1.53. The van der Waals surface area contributed by atoms with Crippen molar-refractivity contribution in [1.29, 1.82) is 0 Å². The summed E-state index contributed by atoms with van der Waals surface area (Å²) < 4.78 is 60.8. The summed E-state index contributed by atoms with van der Waals surface area (Å²) in [4.78, 5) is 21.9. The van der Waals surface area contributed by atoms with Crippen LogP contribution in [0.15, 0.2) is 28.7 Å². The normalized spacial score (nSPS) is 26.7. The third-order valence-corrected chi connectivity index (χ3v) is 9.58. The molecule has 2 aliphatic heterocycles. The second kappa shape index (κ2) is 10.6. The SMILES string of the molecule is C[C@@]1(O)CCC[C@H]1n1c(=O)c(C(F)F)cc2cnc(NC3CCN(S(=O)(=O)C/C=C4/CCOC4)CC3)nc21. The third-order valence-electron chi connectivity index (χ3n) is 7.84. The van der Waals surface area contributed by atoms with Gasteiger partial charge in [-0.3, -0.25) is 9.36 Å². The molecule has 13 heteroatoms. The lowest BCUT2D eigenvalue weighted by Crippen LogP contribution is -2.43. The van der Waals surface area contributed by atoms with Crippen LogP contribution in [0.3, 0.4) is 0 Å². The molecular formula is C25H33F2N5O5S. The first kappa shape index (κ1) is 27.1. The minimum Gasteiger partial charge on any atom is -0.388 e. The monoisotopic (exact) mass is 553 g/mol. The van der Waals surface area contributed by atoms with E-state index in [-0.39, 0.29) is 28.8 Å². The van der Waals surface area contributed by atoms with E-state index in [1.54, 1.807) is 13.0 Å². The zero-order valence-corrected chi connectivity index (χ0v) is 22.1. The Bertz CT molecular complexity index is 1380. The number of aliphatic hydroxyl groups is 1. The highest BCUT2D eigenvalue weighted by molar-refractivity contribution is 7.89. The van der Waals surface area contributed by atoms with E-state index in [0.29, 0.717) is 58.4 Å². The van der Waals surface area contributed by atoms with Gasteiger partial charge < -0.3 is 15.2 Å². The number of alkyl halides is 2. The number of halogens is 2. The molecule has 1 saturated carbocycles. The van der Waals surface area contributed by atoms with Crippen molar-refractivity contribution in [2.45, 2.75) is 69.6 Å². The zero-order chi connectivity index (χ0) is 27.1. The van der Waals surface area contributed by atoms with Gasteiger partial charge in [0.2, 0.25) is 16.0 Å². The van der Waals surface area contributed by atoms with Crippen molar-refractivity contribution < 1.29 is 27.0 Å². The number of sulfonamides is 1. The number of piperidine rings is 1. The van der Waals surface area contributed by atoms with Crippen molar-refractivity contribution in [3.05, 3.63) is 39.8 Å². The van der Waals surface area contributed by atoms with Gasteiger partial charge in [0.1, 0.15) is 5.65 Å². The molecule has 0 aromatic carbocycles. The second-order valence-electron chi connectivity index (χ2n) is 10.6. The molecule has 1 aliphatic carbocycles. The Morgan fingerprint density at radius 3 is 2.71 bits per heavy atom. The van der Waals surface area contributed by atoms with Crippen LogP contribution < -0.4 is 10.9 Å². The fourth-order valence-electron chi connectivity index (χ4n) is 5.62. The van der Waals surface area contributed by atoms with Crippen LogP contribution in [0.2, 0.25) is 0 Å². The Kier molecular flexibility index (Phi) is 7.55. The molecule has 0 spiro atoms. The van der Waals surface area contributed by atoms with Crippen molar-refractivity contribution in [3.8, 4) is 0 Å². The molecule has 0 unspecified atom stereocenters. The molecule has 0 bridgehead atoms. The Balaban J connectivity index is 1.34. The molecule has 3 fully saturated rings. The summed E-state index contributed by atoms with van der Waals surface area (Å²) in [5.74, 6) is 0.182. The number of hydrogen-bond donors (Lipinski definition) is 2. The van der Waals surface area contributed by atoms with Crippen molar-refractivity contribution in [2.24, 2.45) is 0 Å². The van der Waals surface area contributed by atoms with Crippen LogP contribution in [0.1, 0.15) is 63.5 Å². The first-order valence-electron chi connectivity index (χ1n) is 13.0. The summed E-state index contributed by atoms with van der Waals surface area (Å²) in [6.45, 7) is 3.42. The lowest BCUT2D eigenvalue weighted by molar-refractivity contribution is 0.0261. The number of hydrogen-bond acceptors (Lipinski definition) is 8. The van der Waals surface area contributed by atoms with Crippen LogP contribution in [0.25, 0.3) is 11.0 Å². The van der Waals surface area contributed by atoms with Crippen LogP contribution in [-0.4, -0.2) is 76.1 Å². The van der Waals surface area contributed by atoms with Gasteiger partial charge in [0.05, 0.1) is 36.2 Å². The number of nitrogens with one attached hydrogen (secondary N) is 1. The van der Waals surface area contributed by atoms with Gasteiger partial charge in [-0.15, -0.1) is 0 Å². The quantitative estimate of drug-likeness (QED) is 0.502. The highest BCUT2D eigenvalue weighted by atomic mass is 32.2. The lowest BCUT2D eigenvalue weighted by Gasteiger charge is -2.31. The molecule has 0 amide bonds. The summed E-state index contributed by atoms with van der Waals surface area (Å²) in [6.07, 6.45) is 3.60. The Morgan fingerprint density at radius 1 is 1.32 bits per heavy atom. The lowest BCUT2D eigenvalue weighted by atomic mass is 9.99. The molecule has 5 rings (SSSR count). The van der Waals surface area contributed by atoms with Crippen molar-refractivity contribution in [1.82, 2.24) is 18.8 Å². The zero-order valence-electron chi connectivity index (χ0n) is 21.3. The highest BCUT2D eigenvalue weighted by Gasteiger charge is 2.40. The third kappa shape index (κ3) is 5.47. The number of aromatic nitrogens is 3. The highest BCUT2D eigenvalue weighted by Crippen LogP contribution is 2.40. The van der Waals surface area contributed by atoms with E-state index >= 15 is 0 Å². The summed E-state index contributed by atoms with van der Waals surface area (Å²) in [6, 6.07) is 0.330. The molecule has 2 aromatic rings. The van der Waals surface area contributed by atoms with Crippen LogP contribution in [0.5, 0.6) is 0 Å². The maximum atomic E-state index is 13.7. The van der Waals surface area contributed by atoms with Crippen LogP contribution in [0, 0.1) is 0 Å². The Labute approximate surface area is 219 Å². The molecule has 2 atom stereocenters. The summed E-state index contributed by atoms with van der Waals surface area (Å²) >= 11 is 0. The molecular weight excluding hydrogens is 520 g/mol. The molecule has 2 aromatic heterocycles. The van der Waals surface area contributed by atoms with Crippen LogP contribution in [-0.2, 0) is 14.8 Å². The molecule has 0 radical (unpaired) electrons. The molecule has 2 saturated heterocycles. The van der Waals surface area contributed by atoms with Crippen molar-refractivity contribution in [2.75, 3.05) is 37.4 Å². The minimum absolute atomic E-state index is 0.0410. The van der Waals surface area contributed by atoms with E-state index in [9.17, 15) is 27.1 Å². The van der Waals surface area contributed by atoms with E-state index in [1.807, 2.05) is 0 Å². The summed E-state index contributed by atoms with van der Waals surface area (Å²) in [7, 11) is -3.42.